The summed E-state index contributed by atoms with van der Waals surface area (Å²) in [6.07, 6.45) is 6.74. The van der Waals surface area contributed by atoms with E-state index in [4.69, 9.17) is 0 Å². The monoisotopic (exact) mass is 1020 g/mol. The van der Waals surface area contributed by atoms with E-state index in [1.807, 2.05) is 48.5 Å². The zero-order valence-electron chi connectivity index (χ0n) is 39.4. The fourth-order valence-electron chi connectivity index (χ4n) is 5.47. The first-order valence-electron chi connectivity index (χ1n) is 20.9. The Morgan fingerprint density at radius 3 is 0.786 bits per heavy atom. The number of hydrogen-bond donors (Lipinski definition) is 0. The molecular formula is C58H50F8N2Ti2. The first-order valence-corrected chi connectivity index (χ1v) is 20.9. The molecule has 0 aliphatic heterocycles. The molecule has 0 aliphatic rings. The molecule has 70 heavy (non-hydrogen) atoms. The van der Waals surface area contributed by atoms with Crippen molar-refractivity contribution in [1.82, 2.24) is 9.13 Å². The van der Waals surface area contributed by atoms with Gasteiger partial charge in [0.2, 0.25) is 0 Å². The average molecular weight is 1020 g/mol. The van der Waals surface area contributed by atoms with Crippen molar-refractivity contribution in [3.63, 3.8) is 0 Å². The number of nitrogens with zero attached hydrogens (tertiary/aromatic N) is 2. The zero-order chi connectivity index (χ0) is 49.8. The summed E-state index contributed by atoms with van der Waals surface area (Å²) in [5.41, 5.74) is 8.72. The van der Waals surface area contributed by atoms with Crippen LogP contribution in [0.5, 0.6) is 0 Å². The van der Waals surface area contributed by atoms with E-state index >= 15 is 0 Å². The van der Waals surface area contributed by atoms with Gasteiger partial charge in [0.25, 0.3) is 0 Å². The van der Waals surface area contributed by atoms with Crippen LogP contribution in [0.2, 0.25) is 0 Å². The van der Waals surface area contributed by atoms with Crippen LogP contribution in [-0.2, 0) is 43.4 Å². The van der Waals surface area contributed by atoms with E-state index in [0.717, 1.165) is 24.3 Å². The molecule has 0 bridgehead atoms. The Morgan fingerprint density at radius 1 is 0.329 bits per heavy atom. The molecule has 2 nitrogen and oxygen atoms in total. The van der Waals surface area contributed by atoms with Crippen molar-refractivity contribution < 1.29 is 78.6 Å². The molecule has 356 valence electrons. The molecule has 0 radical (unpaired) electrons. The van der Waals surface area contributed by atoms with Gasteiger partial charge in [-0.25, -0.2) is 82.6 Å². The summed E-state index contributed by atoms with van der Waals surface area (Å²) >= 11 is 0. The number of halogens is 8. The van der Waals surface area contributed by atoms with Gasteiger partial charge < -0.3 is 9.13 Å². The molecule has 8 aromatic carbocycles. The van der Waals surface area contributed by atoms with E-state index in [1.165, 1.54) is 69.8 Å². The first kappa shape index (κ1) is 61.7. The topological polar surface area (TPSA) is 9.86 Å². The van der Waals surface area contributed by atoms with Crippen molar-refractivity contribution in [1.29, 1.82) is 0 Å². The largest absolute Gasteiger partial charge is 4.00 e. The van der Waals surface area contributed by atoms with Crippen LogP contribution in [0.25, 0.3) is 11.4 Å². The van der Waals surface area contributed by atoms with Crippen molar-refractivity contribution in [3.8, 4) is 11.4 Å². The van der Waals surface area contributed by atoms with Crippen LogP contribution in [-0.4, -0.2) is 9.13 Å². The number of aromatic nitrogens is 2. The average Bonchev–Trinajstić information content (AvgIpc) is 4.15. The third-order valence-corrected chi connectivity index (χ3v) is 8.68. The van der Waals surface area contributed by atoms with E-state index in [1.54, 1.807) is 58.2 Å². The second kappa shape index (κ2) is 34.1. The Kier molecular flexibility index (Phi) is 30.0. The van der Waals surface area contributed by atoms with Gasteiger partial charge in [0, 0.05) is 46.5 Å². The maximum atomic E-state index is 13.1. The molecular weight excluding hydrogens is 972 g/mol. The van der Waals surface area contributed by atoms with Crippen molar-refractivity contribution in [2.75, 3.05) is 0 Å². The van der Waals surface area contributed by atoms with Crippen molar-refractivity contribution >= 4 is 0 Å². The molecule has 0 unspecified atom stereocenters. The van der Waals surface area contributed by atoms with Crippen molar-refractivity contribution in [3.05, 3.63) is 299 Å². The molecule has 10 rings (SSSR count). The molecule has 2 heterocycles. The summed E-state index contributed by atoms with van der Waals surface area (Å²) < 4.78 is 102. The minimum Gasteiger partial charge on any atom is -0.375 e. The Morgan fingerprint density at radius 2 is 0.614 bits per heavy atom. The summed E-state index contributed by atoms with van der Waals surface area (Å²) in [6, 6.07) is 56.2. The Balaban J connectivity index is 0.000000406. The van der Waals surface area contributed by atoms with Gasteiger partial charge in [0.05, 0.1) is 0 Å². The second-order valence-electron chi connectivity index (χ2n) is 14.7. The summed E-state index contributed by atoms with van der Waals surface area (Å²) in [6.45, 7) is 12.6. The summed E-state index contributed by atoms with van der Waals surface area (Å²) in [5, 5.41) is 0. The molecule has 10 aromatic rings. The van der Waals surface area contributed by atoms with E-state index in [2.05, 4.69) is 102 Å². The standard InChI is InChI=1S/2C10H6F2N.2C7H9.2C6H3F2.2C6H7.2Ti/c2*11-8-3-4-10(9(12)7-8)13-5-1-2-6-13;2*1-6-3-4-7(2)5-6;2*7-5-2-1-3-6(8)4-5;2*1-6-4-2-3-5-6;;/h2*1-6H;2*3-5H,1-2H3;2*1-3H;2*2-5H,1H3;;/q8*-1;2*+4. The molecule has 0 aliphatic carbocycles. The van der Waals surface area contributed by atoms with Crippen LogP contribution in [0.1, 0.15) is 33.4 Å². The van der Waals surface area contributed by atoms with E-state index in [9.17, 15) is 35.1 Å². The molecule has 0 atom stereocenters. The van der Waals surface area contributed by atoms with Gasteiger partial charge in [-0.15, -0.1) is 72.8 Å². The van der Waals surface area contributed by atoms with Gasteiger partial charge in [0.1, 0.15) is 0 Å². The van der Waals surface area contributed by atoms with Crippen LogP contribution in [0.15, 0.2) is 195 Å². The van der Waals surface area contributed by atoms with Crippen LogP contribution >= 0.6 is 0 Å². The molecule has 0 saturated heterocycles. The van der Waals surface area contributed by atoms with E-state index < -0.39 is 46.5 Å². The molecule has 0 N–H and O–H groups in total. The zero-order valence-corrected chi connectivity index (χ0v) is 42.5. The normalized spacial score (nSPS) is 9.34. The molecule has 0 fully saturated rings. The number of rotatable bonds is 2. The first-order chi connectivity index (χ1) is 32.5. The SMILES string of the molecule is C[c-]1cccc1.C[c-]1cccc1.Cc1cc[c-](C)c1.Cc1cc[c-](C)c1.Fc1[c-]c(F)c(-n2cccc2)cc1.Fc1[c-]c(F)c(-n2cccc2)cc1.Fc1[c-]c(F)ccc1.Fc1[c-]c(F)ccc1.[Ti+4].[Ti+4]. The smallest absolute Gasteiger partial charge is 0.375 e. The predicted molar refractivity (Wildman–Crippen MR) is 256 cm³/mol. The third kappa shape index (κ3) is 25.9. The van der Waals surface area contributed by atoms with Gasteiger partial charge in [-0.1, -0.05) is 41.5 Å². The number of hydrogen-bond acceptors (Lipinski definition) is 0. The maximum absolute atomic E-state index is 13.1. The fourth-order valence-corrected chi connectivity index (χ4v) is 5.47. The van der Waals surface area contributed by atoms with Gasteiger partial charge in [-0.2, -0.15) is 82.9 Å². The number of benzene rings is 4. The molecule has 2 aromatic heterocycles. The number of aryl methyl sites for hydroxylation is 6. The Bertz CT molecular complexity index is 2580. The Hall–Kier alpha value is -6.29. The van der Waals surface area contributed by atoms with Crippen LogP contribution in [0.4, 0.5) is 35.1 Å². The molecule has 0 saturated carbocycles. The predicted octanol–water partition coefficient (Wildman–Crippen LogP) is 16.1. The van der Waals surface area contributed by atoms with Crippen LogP contribution in [0, 0.1) is 112 Å². The van der Waals surface area contributed by atoms with Gasteiger partial charge in [0.15, 0.2) is 0 Å². The third-order valence-electron chi connectivity index (χ3n) is 8.68. The minimum atomic E-state index is -0.687. The van der Waals surface area contributed by atoms with Crippen LogP contribution in [0.3, 0.4) is 0 Å². The molecule has 12 heteroatoms. The van der Waals surface area contributed by atoms with Crippen molar-refractivity contribution in [2.24, 2.45) is 0 Å². The minimum absolute atomic E-state index is 0. The summed E-state index contributed by atoms with van der Waals surface area (Å²) in [7, 11) is 0. The quantitative estimate of drug-likeness (QED) is 0.0928. The summed E-state index contributed by atoms with van der Waals surface area (Å²) in [5.74, 6) is -5.39. The molecule has 0 amide bonds. The van der Waals surface area contributed by atoms with Gasteiger partial charge in [-0.05, 0) is 60.4 Å². The van der Waals surface area contributed by atoms with E-state index in [0.29, 0.717) is 11.4 Å². The maximum Gasteiger partial charge on any atom is 4.00 e. The van der Waals surface area contributed by atoms with Crippen LogP contribution < -0.4 is 0 Å². The van der Waals surface area contributed by atoms with Gasteiger partial charge >= 0.3 is 43.4 Å². The Labute approximate surface area is 436 Å². The van der Waals surface area contributed by atoms with Crippen molar-refractivity contribution in [2.45, 2.75) is 41.5 Å². The molecule has 0 spiro atoms. The van der Waals surface area contributed by atoms with Gasteiger partial charge in [-0.3, -0.25) is 0 Å². The second-order valence-corrected chi connectivity index (χ2v) is 14.7. The summed E-state index contributed by atoms with van der Waals surface area (Å²) in [4.78, 5) is 0. The van der Waals surface area contributed by atoms with E-state index in [-0.39, 0.29) is 43.4 Å². The fraction of sp³-hybridized carbons (Fsp3) is 0.103.